The Balaban J connectivity index is 1.55. The molecular formula is C27H22FNO. The third-order valence-corrected chi connectivity index (χ3v) is 5.30. The van der Waals surface area contributed by atoms with E-state index < -0.39 is 0 Å². The highest BCUT2D eigenvalue weighted by Gasteiger charge is 2.09. The Kier molecular flexibility index (Phi) is 5.77. The fraction of sp³-hybridized carbons (Fsp3) is 0.148. The molecule has 0 aliphatic heterocycles. The number of nitrogens with zero attached hydrogens (tertiary/aromatic N) is 1. The highest BCUT2D eigenvalue weighted by atomic mass is 19.1. The van der Waals surface area contributed by atoms with Gasteiger partial charge in [-0.15, -0.1) is 0 Å². The van der Waals surface area contributed by atoms with Gasteiger partial charge in [-0.3, -0.25) is 0 Å². The van der Waals surface area contributed by atoms with Crippen molar-refractivity contribution in [3.05, 3.63) is 101 Å². The second-order valence-electron chi connectivity index (χ2n) is 7.24. The summed E-state index contributed by atoms with van der Waals surface area (Å²) in [4.78, 5) is 0. The van der Waals surface area contributed by atoms with E-state index in [4.69, 9.17) is 10.00 Å². The summed E-state index contributed by atoms with van der Waals surface area (Å²) in [6.07, 6.45) is 1.35. The highest BCUT2D eigenvalue weighted by Crippen LogP contribution is 2.29. The monoisotopic (exact) mass is 395 g/mol. The van der Waals surface area contributed by atoms with Crippen molar-refractivity contribution in [2.75, 3.05) is 6.61 Å². The van der Waals surface area contributed by atoms with Gasteiger partial charge in [0.05, 0.1) is 18.2 Å². The summed E-state index contributed by atoms with van der Waals surface area (Å²) in [6.45, 7) is 2.60. The maximum absolute atomic E-state index is 15.1. The molecule has 0 amide bonds. The van der Waals surface area contributed by atoms with E-state index in [-0.39, 0.29) is 5.82 Å². The lowest BCUT2D eigenvalue weighted by Gasteiger charge is -2.10. The first-order chi connectivity index (χ1) is 14.7. The Labute approximate surface area is 176 Å². The predicted octanol–water partition coefficient (Wildman–Crippen LogP) is 6.70. The zero-order valence-electron chi connectivity index (χ0n) is 16.9. The molecule has 0 saturated heterocycles. The summed E-state index contributed by atoms with van der Waals surface area (Å²) < 4.78 is 20.6. The van der Waals surface area contributed by atoms with E-state index in [0.29, 0.717) is 29.5 Å². The summed E-state index contributed by atoms with van der Waals surface area (Å²) in [7, 11) is 0. The first kappa shape index (κ1) is 19.7. The van der Waals surface area contributed by atoms with Crippen molar-refractivity contribution >= 4 is 10.8 Å². The van der Waals surface area contributed by atoms with Gasteiger partial charge in [0.2, 0.25) is 0 Å². The largest absolute Gasteiger partial charge is 0.494 e. The predicted molar refractivity (Wildman–Crippen MR) is 119 cm³/mol. The van der Waals surface area contributed by atoms with Crippen LogP contribution in [0.4, 0.5) is 4.39 Å². The smallest absolute Gasteiger partial charge is 0.134 e. The maximum Gasteiger partial charge on any atom is 0.134 e. The topological polar surface area (TPSA) is 33.0 Å². The van der Waals surface area contributed by atoms with Crippen molar-refractivity contribution in [3.8, 4) is 22.9 Å². The molecule has 4 aromatic carbocycles. The van der Waals surface area contributed by atoms with Crippen LogP contribution >= 0.6 is 0 Å². The lowest BCUT2D eigenvalue weighted by Crippen LogP contribution is -1.96. The van der Waals surface area contributed by atoms with Crippen LogP contribution in [0.25, 0.3) is 21.9 Å². The first-order valence-electron chi connectivity index (χ1n) is 10.1. The van der Waals surface area contributed by atoms with E-state index in [0.717, 1.165) is 34.2 Å². The molecule has 0 saturated carbocycles. The van der Waals surface area contributed by atoms with Gasteiger partial charge in [-0.2, -0.15) is 5.26 Å². The Morgan fingerprint density at radius 3 is 2.27 bits per heavy atom. The number of hydrogen-bond acceptors (Lipinski definition) is 2. The zero-order valence-corrected chi connectivity index (χ0v) is 16.9. The molecule has 3 heteroatoms. The lowest BCUT2D eigenvalue weighted by atomic mass is 9.97. The number of fused-ring (bicyclic) bond motifs is 1. The van der Waals surface area contributed by atoms with Crippen LogP contribution in [0.5, 0.6) is 5.75 Å². The van der Waals surface area contributed by atoms with Crippen LogP contribution in [0.2, 0.25) is 0 Å². The molecule has 0 aliphatic carbocycles. The normalized spacial score (nSPS) is 10.7. The summed E-state index contributed by atoms with van der Waals surface area (Å²) in [5, 5.41) is 10.4. The van der Waals surface area contributed by atoms with E-state index in [1.54, 1.807) is 12.1 Å². The van der Waals surface area contributed by atoms with Gasteiger partial charge in [0.15, 0.2) is 0 Å². The van der Waals surface area contributed by atoms with Crippen molar-refractivity contribution < 1.29 is 9.13 Å². The summed E-state index contributed by atoms with van der Waals surface area (Å²) >= 11 is 0. The molecule has 0 fully saturated rings. The molecule has 0 atom stereocenters. The van der Waals surface area contributed by atoms with Gasteiger partial charge in [0.25, 0.3) is 0 Å². The highest BCUT2D eigenvalue weighted by molar-refractivity contribution is 5.88. The van der Waals surface area contributed by atoms with Gasteiger partial charge in [-0.1, -0.05) is 48.5 Å². The van der Waals surface area contributed by atoms with Crippen molar-refractivity contribution in [3.63, 3.8) is 0 Å². The van der Waals surface area contributed by atoms with Crippen LogP contribution in [-0.4, -0.2) is 6.61 Å². The molecule has 2 nitrogen and oxygen atoms in total. The molecule has 0 N–H and O–H groups in total. The molecule has 0 aliphatic rings. The summed E-state index contributed by atoms with van der Waals surface area (Å²) in [6, 6.07) is 27.3. The minimum atomic E-state index is -0.153. The fourth-order valence-corrected chi connectivity index (χ4v) is 3.64. The number of hydrogen-bond donors (Lipinski definition) is 0. The Bertz CT molecular complexity index is 1200. The molecule has 0 bridgehead atoms. The van der Waals surface area contributed by atoms with Crippen LogP contribution in [0.1, 0.15) is 23.6 Å². The Morgan fingerprint density at radius 2 is 1.57 bits per heavy atom. The number of benzene rings is 4. The van der Waals surface area contributed by atoms with Gasteiger partial charge in [0.1, 0.15) is 11.6 Å². The Morgan fingerprint density at radius 1 is 0.833 bits per heavy atom. The molecule has 0 radical (unpaired) electrons. The Hall–Kier alpha value is -3.64. The van der Waals surface area contributed by atoms with Gasteiger partial charge in [-0.25, -0.2) is 4.39 Å². The number of aryl methyl sites for hydroxylation is 2. The maximum atomic E-state index is 15.1. The summed E-state index contributed by atoms with van der Waals surface area (Å²) in [5.74, 6) is 0.694. The number of halogens is 1. The quantitative estimate of drug-likeness (QED) is 0.364. The fourth-order valence-electron chi connectivity index (χ4n) is 3.64. The molecule has 0 spiro atoms. The van der Waals surface area contributed by atoms with Crippen LogP contribution in [0, 0.1) is 17.1 Å². The molecule has 0 heterocycles. The minimum Gasteiger partial charge on any atom is -0.494 e. The van der Waals surface area contributed by atoms with Crippen molar-refractivity contribution in [1.82, 2.24) is 0 Å². The van der Waals surface area contributed by atoms with Crippen molar-refractivity contribution in [2.24, 2.45) is 0 Å². The molecule has 4 aromatic rings. The van der Waals surface area contributed by atoms with Gasteiger partial charge < -0.3 is 4.74 Å². The van der Waals surface area contributed by atoms with Gasteiger partial charge in [0, 0.05) is 5.39 Å². The standard InChI is InChI=1S/C27H22FNO/c1-2-30-25-14-11-21(12-15-25)23-13-16-26-24(17-23)10-9-22(27(26)28)8-7-19-3-5-20(18-29)6-4-19/h3-6,9-17H,2,7-8H2,1H3. The van der Waals surface area contributed by atoms with Gasteiger partial charge in [-0.05, 0) is 77.7 Å². The molecule has 4 rings (SSSR count). The number of rotatable bonds is 6. The van der Waals surface area contributed by atoms with Crippen molar-refractivity contribution in [2.45, 2.75) is 19.8 Å². The molecule has 148 valence electrons. The van der Waals surface area contributed by atoms with E-state index >= 15 is 4.39 Å². The average Bonchev–Trinajstić information content (AvgIpc) is 2.79. The SMILES string of the molecule is CCOc1ccc(-c2ccc3c(F)c(CCc4ccc(C#N)cc4)ccc3c2)cc1. The van der Waals surface area contributed by atoms with Crippen LogP contribution in [0.15, 0.2) is 78.9 Å². The lowest BCUT2D eigenvalue weighted by molar-refractivity contribution is 0.340. The third kappa shape index (κ3) is 4.18. The third-order valence-electron chi connectivity index (χ3n) is 5.30. The van der Waals surface area contributed by atoms with E-state index in [1.807, 2.05) is 73.7 Å². The summed E-state index contributed by atoms with van der Waals surface area (Å²) in [5.41, 5.74) is 4.57. The molecule has 0 aromatic heterocycles. The number of nitriles is 1. The van der Waals surface area contributed by atoms with Crippen LogP contribution in [0.3, 0.4) is 0 Å². The van der Waals surface area contributed by atoms with Gasteiger partial charge >= 0.3 is 0 Å². The molecule has 0 unspecified atom stereocenters. The second-order valence-corrected chi connectivity index (χ2v) is 7.24. The van der Waals surface area contributed by atoms with E-state index in [1.165, 1.54) is 0 Å². The van der Waals surface area contributed by atoms with E-state index in [2.05, 4.69) is 6.07 Å². The average molecular weight is 395 g/mol. The molecule has 30 heavy (non-hydrogen) atoms. The number of ether oxygens (including phenoxy) is 1. The second kappa shape index (κ2) is 8.80. The first-order valence-corrected chi connectivity index (χ1v) is 10.1. The van der Waals surface area contributed by atoms with Crippen molar-refractivity contribution in [1.29, 1.82) is 5.26 Å². The van der Waals surface area contributed by atoms with Crippen LogP contribution < -0.4 is 4.74 Å². The zero-order chi connectivity index (χ0) is 20.9. The van der Waals surface area contributed by atoms with Crippen LogP contribution in [-0.2, 0) is 12.8 Å². The molecular weight excluding hydrogens is 373 g/mol. The van der Waals surface area contributed by atoms with E-state index in [9.17, 15) is 0 Å². The minimum absolute atomic E-state index is 0.153.